The smallest absolute Gasteiger partial charge is 0.265 e. The first-order valence-electron chi connectivity index (χ1n) is 9.34. The number of thiazole rings is 1. The molecule has 1 saturated carbocycles. The van der Waals surface area contributed by atoms with Crippen LogP contribution in [-0.2, 0) is 6.54 Å². The molecule has 1 fully saturated rings. The second-order valence-corrected chi connectivity index (χ2v) is 8.04. The second-order valence-electron chi connectivity index (χ2n) is 7.15. The van der Waals surface area contributed by atoms with Crippen LogP contribution in [0.25, 0.3) is 0 Å². The lowest BCUT2D eigenvalue weighted by molar-refractivity contribution is 0.0737. The molecule has 1 aliphatic carbocycles. The predicted octanol–water partition coefficient (Wildman–Crippen LogP) is 3.79. The molecule has 1 amide bonds. The minimum atomic E-state index is -0.436. The van der Waals surface area contributed by atoms with Crippen molar-refractivity contribution in [3.05, 3.63) is 45.9 Å². The van der Waals surface area contributed by atoms with Crippen LogP contribution < -0.4 is 4.74 Å². The van der Waals surface area contributed by atoms with Gasteiger partial charge < -0.3 is 14.7 Å². The monoisotopic (exact) mass is 372 g/mol. The van der Waals surface area contributed by atoms with Gasteiger partial charge in [-0.2, -0.15) is 0 Å². The number of hydrogen-bond donors (Lipinski definition) is 1. The lowest BCUT2D eigenvalue weighted by Gasteiger charge is -2.27. The molecule has 26 heavy (non-hydrogen) atoms. The van der Waals surface area contributed by atoms with Gasteiger partial charge in [-0.1, -0.05) is 25.3 Å². The number of rotatable bonds is 3. The Hall–Kier alpha value is -1.92. The number of ether oxygens (including phenoxy) is 1. The van der Waals surface area contributed by atoms with E-state index in [0.717, 1.165) is 29.7 Å². The van der Waals surface area contributed by atoms with Crippen LogP contribution in [0.15, 0.2) is 29.9 Å². The minimum absolute atomic E-state index is 0.0119. The van der Waals surface area contributed by atoms with Crippen LogP contribution in [0.3, 0.4) is 0 Å². The molecule has 0 bridgehead atoms. The standard InChI is InChI=1S/C20H24N2O3S/c23-19(14-4-2-1-3-5-14)15-6-7-17-16(10-15)12-22(8-9-25-17)20(24)18-11-21-13-26-18/h6-7,10-11,13-14,19,23H,1-5,8-9,12H2. The number of aromatic nitrogens is 1. The highest BCUT2D eigenvalue weighted by atomic mass is 32.1. The first kappa shape index (κ1) is 17.5. The van der Waals surface area contributed by atoms with Crippen molar-refractivity contribution in [3.8, 4) is 5.75 Å². The van der Waals surface area contributed by atoms with Crippen molar-refractivity contribution in [1.29, 1.82) is 0 Å². The summed E-state index contributed by atoms with van der Waals surface area (Å²) in [5.41, 5.74) is 3.58. The van der Waals surface area contributed by atoms with E-state index in [1.807, 2.05) is 18.2 Å². The number of carbonyl (C=O) groups is 1. The fourth-order valence-electron chi connectivity index (χ4n) is 3.97. The van der Waals surface area contributed by atoms with Gasteiger partial charge in [0.15, 0.2) is 0 Å². The van der Waals surface area contributed by atoms with Crippen LogP contribution >= 0.6 is 11.3 Å². The minimum Gasteiger partial charge on any atom is -0.491 e. The molecule has 4 rings (SSSR count). The van der Waals surface area contributed by atoms with Gasteiger partial charge in [0.2, 0.25) is 0 Å². The van der Waals surface area contributed by atoms with E-state index in [1.54, 1.807) is 16.6 Å². The van der Waals surface area contributed by atoms with Gasteiger partial charge in [0.25, 0.3) is 5.91 Å². The number of aliphatic hydroxyl groups is 1. The number of nitrogens with zero attached hydrogens (tertiary/aromatic N) is 2. The fourth-order valence-corrected chi connectivity index (χ4v) is 4.56. The number of aliphatic hydroxyl groups excluding tert-OH is 1. The predicted molar refractivity (Wildman–Crippen MR) is 100 cm³/mol. The number of carbonyl (C=O) groups excluding carboxylic acids is 1. The number of amides is 1. The maximum Gasteiger partial charge on any atom is 0.265 e. The Labute approximate surface area is 157 Å². The summed E-state index contributed by atoms with van der Waals surface area (Å²) in [7, 11) is 0. The molecule has 1 N–H and O–H groups in total. The van der Waals surface area contributed by atoms with Crippen LogP contribution in [0.4, 0.5) is 0 Å². The van der Waals surface area contributed by atoms with Gasteiger partial charge in [0.1, 0.15) is 17.2 Å². The van der Waals surface area contributed by atoms with Crippen molar-refractivity contribution in [3.63, 3.8) is 0 Å². The van der Waals surface area contributed by atoms with Crippen LogP contribution in [0.5, 0.6) is 5.75 Å². The van der Waals surface area contributed by atoms with Gasteiger partial charge in [0.05, 0.1) is 24.4 Å². The zero-order chi connectivity index (χ0) is 17.9. The third kappa shape index (κ3) is 3.62. The Bertz CT molecular complexity index is 756. The Balaban J connectivity index is 1.55. The van der Waals surface area contributed by atoms with Crippen molar-refractivity contribution in [1.82, 2.24) is 9.88 Å². The van der Waals surface area contributed by atoms with Crippen molar-refractivity contribution < 1.29 is 14.6 Å². The summed E-state index contributed by atoms with van der Waals surface area (Å²) in [5, 5.41) is 10.8. The van der Waals surface area contributed by atoms with Crippen LogP contribution in [0, 0.1) is 5.92 Å². The van der Waals surface area contributed by atoms with Crippen molar-refractivity contribution in [2.24, 2.45) is 5.92 Å². The van der Waals surface area contributed by atoms with E-state index in [9.17, 15) is 9.90 Å². The zero-order valence-corrected chi connectivity index (χ0v) is 15.6. The maximum atomic E-state index is 12.7. The fraction of sp³-hybridized carbons (Fsp3) is 0.500. The van der Waals surface area contributed by atoms with E-state index < -0.39 is 6.10 Å². The highest BCUT2D eigenvalue weighted by Crippen LogP contribution is 2.36. The third-order valence-corrected chi connectivity index (χ3v) is 6.19. The van der Waals surface area contributed by atoms with Crippen molar-refractivity contribution in [2.45, 2.75) is 44.8 Å². The molecule has 2 aliphatic rings. The van der Waals surface area contributed by atoms with E-state index >= 15 is 0 Å². The summed E-state index contributed by atoms with van der Waals surface area (Å²) >= 11 is 1.36. The molecule has 138 valence electrons. The molecule has 5 nitrogen and oxygen atoms in total. The Morgan fingerprint density at radius 2 is 2.15 bits per heavy atom. The summed E-state index contributed by atoms with van der Waals surface area (Å²) in [5.74, 6) is 1.13. The van der Waals surface area contributed by atoms with Gasteiger partial charge in [-0.05, 0) is 36.5 Å². The molecule has 1 atom stereocenters. The summed E-state index contributed by atoms with van der Waals surface area (Å²) in [4.78, 5) is 19.1. The molecule has 0 saturated heterocycles. The van der Waals surface area contributed by atoms with Crippen LogP contribution in [0.2, 0.25) is 0 Å². The quantitative estimate of drug-likeness (QED) is 0.890. The van der Waals surface area contributed by atoms with E-state index in [0.29, 0.717) is 30.5 Å². The summed E-state index contributed by atoms with van der Waals surface area (Å²) in [6.07, 6.45) is 7.03. The highest BCUT2D eigenvalue weighted by molar-refractivity contribution is 7.11. The van der Waals surface area contributed by atoms with E-state index in [2.05, 4.69) is 4.98 Å². The van der Waals surface area contributed by atoms with E-state index in [1.165, 1.54) is 30.6 Å². The van der Waals surface area contributed by atoms with E-state index in [4.69, 9.17) is 4.74 Å². The Morgan fingerprint density at radius 1 is 1.31 bits per heavy atom. The third-order valence-electron chi connectivity index (χ3n) is 5.43. The van der Waals surface area contributed by atoms with Gasteiger partial charge in [-0.3, -0.25) is 9.78 Å². The maximum absolute atomic E-state index is 12.7. The van der Waals surface area contributed by atoms with Crippen molar-refractivity contribution in [2.75, 3.05) is 13.2 Å². The molecule has 1 aromatic carbocycles. The Kier molecular flexibility index (Phi) is 5.22. The first-order valence-corrected chi connectivity index (χ1v) is 10.2. The van der Waals surface area contributed by atoms with Crippen molar-refractivity contribution >= 4 is 17.2 Å². The molecule has 0 spiro atoms. The number of benzene rings is 1. The summed E-state index contributed by atoms with van der Waals surface area (Å²) in [6.45, 7) is 1.52. The topological polar surface area (TPSA) is 62.7 Å². The summed E-state index contributed by atoms with van der Waals surface area (Å²) < 4.78 is 5.84. The number of hydrogen-bond acceptors (Lipinski definition) is 5. The largest absolute Gasteiger partial charge is 0.491 e. The van der Waals surface area contributed by atoms with Crippen LogP contribution in [0.1, 0.15) is 59.0 Å². The lowest BCUT2D eigenvalue weighted by Crippen LogP contribution is -2.32. The Morgan fingerprint density at radius 3 is 2.92 bits per heavy atom. The van der Waals surface area contributed by atoms with E-state index in [-0.39, 0.29) is 5.91 Å². The average Bonchev–Trinajstić information content (AvgIpc) is 3.14. The molecular formula is C20H24N2O3S. The summed E-state index contributed by atoms with van der Waals surface area (Å²) in [6, 6.07) is 5.93. The normalized spacial score (nSPS) is 19.3. The highest BCUT2D eigenvalue weighted by Gasteiger charge is 2.26. The average molecular weight is 372 g/mol. The molecule has 6 heteroatoms. The first-order chi connectivity index (χ1) is 12.7. The van der Waals surface area contributed by atoms with Gasteiger partial charge in [0, 0.05) is 12.1 Å². The molecule has 1 aromatic heterocycles. The molecular weight excluding hydrogens is 348 g/mol. The molecule has 0 radical (unpaired) electrons. The zero-order valence-electron chi connectivity index (χ0n) is 14.8. The van der Waals surface area contributed by atoms with Gasteiger partial charge in [-0.25, -0.2) is 0 Å². The molecule has 1 unspecified atom stereocenters. The SMILES string of the molecule is O=C(c1cncs1)N1CCOc2ccc(C(O)C3CCCCC3)cc2C1. The lowest BCUT2D eigenvalue weighted by atomic mass is 9.82. The van der Waals surface area contributed by atoms with Crippen LogP contribution in [-0.4, -0.2) is 34.0 Å². The second kappa shape index (κ2) is 7.76. The molecule has 1 aliphatic heterocycles. The van der Waals surface area contributed by atoms with Gasteiger partial charge in [-0.15, -0.1) is 11.3 Å². The van der Waals surface area contributed by atoms with Gasteiger partial charge >= 0.3 is 0 Å². The molecule has 2 heterocycles. The molecule has 2 aromatic rings. The number of fused-ring (bicyclic) bond motifs is 1.